The Balaban J connectivity index is 2.00. The second kappa shape index (κ2) is 5.51. The van der Waals surface area contributed by atoms with Crippen molar-refractivity contribution in [2.75, 3.05) is 6.61 Å². The van der Waals surface area contributed by atoms with Gasteiger partial charge in [-0.1, -0.05) is 12.2 Å². The van der Waals surface area contributed by atoms with Crippen molar-refractivity contribution in [3.63, 3.8) is 0 Å². The van der Waals surface area contributed by atoms with Crippen LogP contribution < -0.4 is 0 Å². The van der Waals surface area contributed by atoms with Crippen LogP contribution in [0.25, 0.3) is 11.0 Å². The fourth-order valence-electron chi connectivity index (χ4n) is 3.02. The fraction of sp³-hybridized carbons (Fsp3) is 0.400. The smallest absolute Gasteiger partial charge is 0.281 e. The van der Waals surface area contributed by atoms with E-state index < -0.39 is 4.92 Å². The van der Waals surface area contributed by atoms with Crippen molar-refractivity contribution in [2.24, 2.45) is 5.92 Å². The van der Waals surface area contributed by atoms with Gasteiger partial charge in [0.15, 0.2) is 0 Å². The van der Waals surface area contributed by atoms with Gasteiger partial charge in [0.1, 0.15) is 11.9 Å². The second-order valence-electron chi connectivity index (χ2n) is 5.55. The summed E-state index contributed by atoms with van der Waals surface area (Å²) in [5.74, 6) is 0.0612. The minimum Gasteiger partial charge on any atom is -0.394 e. The molecule has 0 spiro atoms. The first-order valence-corrected chi connectivity index (χ1v) is 7.04. The normalized spacial score (nSPS) is 24.7. The van der Waals surface area contributed by atoms with Crippen LogP contribution in [-0.2, 0) is 4.74 Å². The number of pyridine rings is 1. The molecule has 116 valence electrons. The maximum atomic E-state index is 11.1. The second-order valence-corrected chi connectivity index (χ2v) is 5.55. The van der Waals surface area contributed by atoms with Gasteiger partial charge in [0.25, 0.3) is 5.69 Å². The number of nitro groups is 1. The lowest BCUT2D eigenvalue weighted by Gasteiger charge is -2.15. The lowest BCUT2D eigenvalue weighted by atomic mass is 9.94. The first kappa shape index (κ1) is 14.7. The maximum Gasteiger partial charge on any atom is 0.281 e. The third-order valence-corrected chi connectivity index (χ3v) is 4.15. The van der Waals surface area contributed by atoms with Crippen LogP contribution in [0.3, 0.4) is 0 Å². The highest BCUT2D eigenvalue weighted by atomic mass is 16.6. The van der Waals surface area contributed by atoms with Gasteiger partial charge in [0.2, 0.25) is 0 Å². The van der Waals surface area contributed by atoms with Crippen molar-refractivity contribution in [1.29, 1.82) is 0 Å². The minimum absolute atomic E-state index is 0.0249. The summed E-state index contributed by atoms with van der Waals surface area (Å²) in [4.78, 5) is 14.9. The Morgan fingerprint density at radius 1 is 1.64 bits per heavy atom. The molecule has 22 heavy (non-hydrogen) atoms. The summed E-state index contributed by atoms with van der Waals surface area (Å²) in [5.41, 5.74) is 1.49. The van der Waals surface area contributed by atoms with Crippen LogP contribution in [-0.4, -0.2) is 32.3 Å². The number of ether oxygens (including phenoxy) is 1. The Kier molecular flexibility index (Phi) is 3.67. The zero-order chi connectivity index (χ0) is 15.9. The van der Waals surface area contributed by atoms with Gasteiger partial charge in [-0.2, -0.15) is 0 Å². The Hall–Kier alpha value is -2.25. The first-order chi connectivity index (χ1) is 10.5. The first-order valence-electron chi connectivity index (χ1n) is 7.04. The predicted octanol–water partition coefficient (Wildman–Crippen LogP) is 2.42. The molecule has 1 aliphatic heterocycles. The van der Waals surface area contributed by atoms with E-state index >= 15 is 0 Å². The van der Waals surface area contributed by atoms with Gasteiger partial charge in [0, 0.05) is 30.8 Å². The molecule has 1 saturated heterocycles. The number of aliphatic hydroxyl groups excluding tert-OH is 1. The summed E-state index contributed by atoms with van der Waals surface area (Å²) in [7, 11) is 0. The average Bonchev–Trinajstić information content (AvgIpc) is 3.09. The molecule has 2 aromatic rings. The molecule has 7 heteroatoms. The molecule has 1 aliphatic rings. The molecule has 0 radical (unpaired) electrons. The van der Waals surface area contributed by atoms with E-state index in [0.29, 0.717) is 17.5 Å². The molecule has 0 aromatic carbocycles. The number of hydrogen-bond donors (Lipinski definition) is 1. The van der Waals surface area contributed by atoms with Crippen molar-refractivity contribution >= 4 is 16.7 Å². The SMILES string of the molecule is C=C(C)[C@H]1C[C@H](n2ccc3c([N+](=O)[O-])ccnc32)O[C@@H]1CO. The van der Waals surface area contributed by atoms with Crippen LogP contribution in [0, 0.1) is 16.0 Å². The Morgan fingerprint density at radius 2 is 2.41 bits per heavy atom. The highest BCUT2D eigenvalue weighted by Crippen LogP contribution is 2.39. The van der Waals surface area contributed by atoms with Gasteiger partial charge in [0.05, 0.1) is 23.0 Å². The van der Waals surface area contributed by atoms with Crippen LogP contribution in [0.5, 0.6) is 0 Å². The summed E-state index contributed by atoms with van der Waals surface area (Å²) in [6.07, 6.45) is 3.20. The number of aliphatic hydroxyl groups is 1. The highest BCUT2D eigenvalue weighted by molar-refractivity contribution is 5.85. The molecule has 3 rings (SSSR count). The monoisotopic (exact) mass is 303 g/mol. The van der Waals surface area contributed by atoms with Crippen LogP contribution in [0.1, 0.15) is 19.6 Å². The number of aromatic nitrogens is 2. The van der Waals surface area contributed by atoms with E-state index in [-0.39, 0.29) is 30.5 Å². The third-order valence-electron chi connectivity index (χ3n) is 4.15. The number of rotatable bonds is 4. The van der Waals surface area contributed by atoms with Crippen molar-refractivity contribution in [3.05, 3.63) is 46.8 Å². The lowest BCUT2D eigenvalue weighted by molar-refractivity contribution is -0.383. The molecule has 7 nitrogen and oxygen atoms in total. The lowest BCUT2D eigenvalue weighted by Crippen LogP contribution is -2.21. The van der Waals surface area contributed by atoms with Gasteiger partial charge >= 0.3 is 0 Å². The van der Waals surface area contributed by atoms with Gasteiger partial charge < -0.3 is 14.4 Å². The minimum atomic E-state index is -0.420. The van der Waals surface area contributed by atoms with E-state index in [1.165, 1.54) is 12.3 Å². The average molecular weight is 303 g/mol. The van der Waals surface area contributed by atoms with E-state index in [0.717, 1.165) is 5.57 Å². The molecule has 2 aromatic heterocycles. The van der Waals surface area contributed by atoms with Gasteiger partial charge in [-0.15, -0.1) is 0 Å². The van der Waals surface area contributed by atoms with Gasteiger partial charge in [-0.25, -0.2) is 4.98 Å². The standard InChI is InChI=1S/C15H17N3O4/c1-9(2)11-7-14(22-13(11)8-19)17-6-4-10-12(18(20)21)3-5-16-15(10)17/h3-6,11,13-14,19H,1,7-8H2,2H3/t11-,13-,14-/m1/s1. The Morgan fingerprint density at radius 3 is 3.00 bits per heavy atom. The summed E-state index contributed by atoms with van der Waals surface area (Å²) >= 11 is 0. The molecule has 1 fully saturated rings. The van der Waals surface area contributed by atoms with Crippen LogP contribution in [0.4, 0.5) is 5.69 Å². The summed E-state index contributed by atoms with van der Waals surface area (Å²) in [6, 6.07) is 3.06. The van der Waals surface area contributed by atoms with Gasteiger partial charge in [-0.05, 0) is 13.0 Å². The molecule has 0 saturated carbocycles. The Bertz CT molecular complexity index is 739. The number of hydrogen-bond acceptors (Lipinski definition) is 5. The maximum absolute atomic E-state index is 11.1. The molecule has 0 unspecified atom stereocenters. The topological polar surface area (TPSA) is 90.4 Å². The number of fused-ring (bicyclic) bond motifs is 1. The van der Waals surface area contributed by atoms with Crippen molar-refractivity contribution in [2.45, 2.75) is 25.7 Å². The van der Waals surface area contributed by atoms with E-state index in [1.54, 1.807) is 16.8 Å². The quantitative estimate of drug-likeness (QED) is 0.532. The van der Waals surface area contributed by atoms with Crippen molar-refractivity contribution in [1.82, 2.24) is 9.55 Å². The molecular weight excluding hydrogens is 286 g/mol. The van der Waals surface area contributed by atoms with Crippen molar-refractivity contribution < 1.29 is 14.8 Å². The van der Waals surface area contributed by atoms with E-state index in [1.807, 2.05) is 6.92 Å². The summed E-state index contributed by atoms with van der Waals surface area (Å²) in [6.45, 7) is 5.78. The molecule has 3 heterocycles. The third kappa shape index (κ3) is 2.28. The molecule has 0 aliphatic carbocycles. The fourth-order valence-corrected chi connectivity index (χ4v) is 3.02. The van der Waals surface area contributed by atoms with E-state index in [4.69, 9.17) is 4.74 Å². The molecular formula is C15H17N3O4. The summed E-state index contributed by atoms with van der Waals surface area (Å²) < 4.78 is 7.67. The zero-order valence-corrected chi connectivity index (χ0v) is 12.2. The predicted molar refractivity (Wildman–Crippen MR) is 80.3 cm³/mol. The van der Waals surface area contributed by atoms with Crippen LogP contribution >= 0.6 is 0 Å². The Labute approximate surface area is 127 Å². The van der Waals surface area contributed by atoms with Gasteiger partial charge in [-0.3, -0.25) is 10.1 Å². The molecule has 1 N–H and O–H groups in total. The van der Waals surface area contributed by atoms with Crippen molar-refractivity contribution in [3.8, 4) is 0 Å². The largest absolute Gasteiger partial charge is 0.394 e. The van der Waals surface area contributed by atoms with E-state index in [2.05, 4.69) is 11.6 Å². The number of nitrogens with zero attached hydrogens (tertiary/aromatic N) is 3. The van der Waals surface area contributed by atoms with Crippen LogP contribution in [0.2, 0.25) is 0 Å². The van der Waals surface area contributed by atoms with E-state index in [9.17, 15) is 15.2 Å². The zero-order valence-electron chi connectivity index (χ0n) is 12.2. The molecule has 0 bridgehead atoms. The van der Waals surface area contributed by atoms with Crippen LogP contribution in [0.15, 0.2) is 36.7 Å². The summed E-state index contributed by atoms with van der Waals surface area (Å²) in [5, 5.41) is 21.0. The molecule has 3 atom stereocenters. The highest BCUT2D eigenvalue weighted by Gasteiger charge is 2.36. The molecule has 0 amide bonds.